The van der Waals surface area contributed by atoms with Crippen LogP contribution >= 0.6 is 24.0 Å². The molecule has 0 heterocycles. The molecule has 0 aromatic heterocycles. The Morgan fingerprint density at radius 2 is 1.71 bits per heavy atom. The van der Waals surface area contributed by atoms with Gasteiger partial charge in [-0.3, -0.25) is 0 Å². The van der Waals surface area contributed by atoms with Gasteiger partial charge in [-0.05, 0) is 13.8 Å². The summed E-state index contributed by atoms with van der Waals surface area (Å²) in [6.45, 7) is 4.30. The molecule has 0 unspecified atom stereocenters. The second kappa shape index (κ2) is 3.53. The lowest BCUT2D eigenvalue weighted by Gasteiger charge is -2.09. The molecule has 0 fully saturated rings. The van der Waals surface area contributed by atoms with Gasteiger partial charge in [-0.1, -0.05) is 0 Å². The number of hydrogen-bond donors (Lipinski definition) is 1. The zero-order chi connectivity index (χ0) is 5.21. The van der Waals surface area contributed by atoms with Crippen LogP contribution < -0.4 is 5.73 Å². The van der Waals surface area contributed by atoms with E-state index in [4.69, 9.17) is 17.3 Å². The van der Waals surface area contributed by atoms with Crippen molar-refractivity contribution in [1.29, 1.82) is 0 Å². The van der Waals surface area contributed by atoms with Crippen molar-refractivity contribution in [3.05, 3.63) is 0 Å². The van der Waals surface area contributed by atoms with Crippen molar-refractivity contribution >= 4 is 24.0 Å². The Hall–Kier alpha value is 0.540. The predicted octanol–water partition coefficient (Wildman–Crippen LogP) is 1.38. The summed E-state index contributed by atoms with van der Waals surface area (Å²) in [4.78, 5) is -0.208. The molecule has 0 radical (unpaired) electrons. The molecular formula is C4H11Cl2N. The Morgan fingerprint density at radius 1 is 1.57 bits per heavy atom. The Kier molecular flexibility index (Phi) is 5.30. The van der Waals surface area contributed by atoms with Crippen LogP contribution in [0.25, 0.3) is 0 Å². The predicted molar refractivity (Wildman–Crippen MR) is 36.2 cm³/mol. The summed E-state index contributed by atoms with van der Waals surface area (Å²) in [5.41, 5.74) is 5.17. The van der Waals surface area contributed by atoms with E-state index in [1.807, 2.05) is 13.8 Å². The van der Waals surface area contributed by atoms with E-state index in [-0.39, 0.29) is 17.3 Å². The van der Waals surface area contributed by atoms with Crippen molar-refractivity contribution in [1.82, 2.24) is 0 Å². The highest BCUT2D eigenvalue weighted by Gasteiger charge is 2.07. The molecule has 0 aromatic carbocycles. The first kappa shape index (κ1) is 10.5. The highest BCUT2D eigenvalue weighted by molar-refractivity contribution is 6.23. The SMILES string of the molecule is CC(C)(Cl)CN.Cl. The Morgan fingerprint density at radius 3 is 1.71 bits per heavy atom. The molecule has 0 rings (SSSR count). The van der Waals surface area contributed by atoms with Gasteiger partial charge in [0.25, 0.3) is 0 Å². The lowest BCUT2D eigenvalue weighted by Crippen LogP contribution is -2.23. The van der Waals surface area contributed by atoms with Gasteiger partial charge < -0.3 is 5.73 Å². The highest BCUT2D eigenvalue weighted by Crippen LogP contribution is 2.07. The smallest absolute Gasteiger partial charge is 0.0512 e. The Balaban J connectivity index is 0. The summed E-state index contributed by atoms with van der Waals surface area (Å²) in [7, 11) is 0. The van der Waals surface area contributed by atoms with Gasteiger partial charge in [-0.25, -0.2) is 0 Å². The van der Waals surface area contributed by atoms with Crippen molar-refractivity contribution in [2.75, 3.05) is 6.54 Å². The van der Waals surface area contributed by atoms with Gasteiger partial charge >= 0.3 is 0 Å². The van der Waals surface area contributed by atoms with Crippen molar-refractivity contribution in [3.63, 3.8) is 0 Å². The van der Waals surface area contributed by atoms with E-state index in [2.05, 4.69) is 0 Å². The number of hydrogen-bond acceptors (Lipinski definition) is 1. The lowest BCUT2D eigenvalue weighted by atomic mass is 10.2. The van der Waals surface area contributed by atoms with Crippen molar-refractivity contribution in [2.24, 2.45) is 5.73 Å². The summed E-state index contributed by atoms with van der Waals surface area (Å²) in [6.07, 6.45) is 0. The third-order valence-corrected chi connectivity index (χ3v) is 0.640. The normalized spacial score (nSPS) is 10.3. The number of alkyl halides is 1. The molecule has 3 heteroatoms. The number of nitrogens with two attached hydrogens (primary N) is 1. The number of rotatable bonds is 1. The van der Waals surface area contributed by atoms with Crippen LogP contribution in [0.15, 0.2) is 0 Å². The van der Waals surface area contributed by atoms with Gasteiger partial charge in [-0.15, -0.1) is 24.0 Å². The van der Waals surface area contributed by atoms with Crippen molar-refractivity contribution < 1.29 is 0 Å². The molecule has 0 aromatic rings. The first-order valence-electron chi connectivity index (χ1n) is 1.95. The molecule has 0 spiro atoms. The third-order valence-electron chi connectivity index (χ3n) is 0.485. The molecule has 0 aliphatic rings. The minimum absolute atomic E-state index is 0. The summed E-state index contributed by atoms with van der Waals surface area (Å²) in [5.74, 6) is 0. The average molecular weight is 144 g/mol. The van der Waals surface area contributed by atoms with Crippen LogP contribution in [0.3, 0.4) is 0 Å². The van der Waals surface area contributed by atoms with Crippen LogP contribution in [0.5, 0.6) is 0 Å². The quantitative estimate of drug-likeness (QED) is 0.553. The summed E-state index contributed by atoms with van der Waals surface area (Å²) >= 11 is 5.59. The highest BCUT2D eigenvalue weighted by atomic mass is 35.5. The van der Waals surface area contributed by atoms with E-state index in [9.17, 15) is 0 Å². The van der Waals surface area contributed by atoms with E-state index >= 15 is 0 Å². The molecule has 0 aliphatic carbocycles. The molecule has 7 heavy (non-hydrogen) atoms. The van der Waals surface area contributed by atoms with Gasteiger partial charge in [0, 0.05) is 6.54 Å². The third kappa shape index (κ3) is 10.8. The zero-order valence-corrected chi connectivity index (χ0v) is 6.14. The van der Waals surface area contributed by atoms with Gasteiger partial charge in [0.15, 0.2) is 0 Å². The van der Waals surface area contributed by atoms with Crippen LogP contribution in [-0.4, -0.2) is 11.4 Å². The van der Waals surface area contributed by atoms with Gasteiger partial charge in [-0.2, -0.15) is 0 Å². The van der Waals surface area contributed by atoms with E-state index in [1.54, 1.807) is 0 Å². The largest absolute Gasteiger partial charge is 0.329 e. The maximum Gasteiger partial charge on any atom is 0.0512 e. The molecule has 46 valence electrons. The van der Waals surface area contributed by atoms with E-state index in [0.29, 0.717) is 6.54 Å². The second-order valence-electron chi connectivity index (χ2n) is 1.92. The summed E-state index contributed by atoms with van der Waals surface area (Å²) in [6, 6.07) is 0. The average Bonchev–Trinajstić information content (AvgIpc) is 1.35. The molecule has 0 saturated carbocycles. The minimum Gasteiger partial charge on any atom is -0.329 e. The Labute approximate surface area is 55.6 Å². The van der Waals surface area contributed by atoms with Crippen LogP contribution in [0.2, 0.25) is 0 Å². The molecule has 0 aliphatic heterocycles. The van der Waals surface area contributed by atoms with Crippen molar-refractivity contribution in [3.8, 4) is 0 Å². The first-order chi connectivity index (χ1) is 2.56. The van der Waals surface area contributed by atoms with Crippen molar-refractivity contribution in [2.45, 2.75) is 18.7 Å². The molecule has 0 saturated heterocycles. The lowest BCUT2D eigenvalue weighted by molar-refractivity contribution is 0.709. The van der Waals surface area contributed by atoms with Crippen LogP contribution in [0, 0.1) is 0 Å². The first-order valence-corrected chi connectivity index (χ1v) is 2.33. The summed E-state index contributed by atoms with van der Waals surface area (Å²) in [5, 5.41) is 0. The molecule has 1 nitrogen and oxygen atoms in total. The standard InChI is InChI=1S/C4H10ClN.ClH/c1-4(2,5)3-6;/h3,6H2,1-2H3;1H. The molecule has 0 amide bonds. The fourth-order valence-corrected chi connectivity index (χ4v) is 0. The van der Waals surface area contributed by atoms with E-state index in [1.165, 1.54) is 0 Å². The van der Waals surface area contributed by atoms with E-state index in [0.717, 1.165) is 0 Å². The van der Waals surface area contributed by atoms with Gasteiger partial charge in [0.1, 0.15) is 0 Å². The Bertz CT molecular complexity index is 39.4. The van der Waals surface area contributed by atoms with Crippen LogP contribution in [-0.2, 0) is 0 Å². The maximum atomic E-state index is 5.59. The molecule has 0 atom stereocenters. The maximum absolute atomic E-state index is 5.59. The fourth-order valence-electron chi connectivity index (χ4n) is 0. The van der Waals surface area contributed by atoms with Gasteiger partial charge in [0.2, 0.25) is 0 Å². The summed E-state index contributed by atoms with van der Waals surface area (Å²) < 4.78 is 0. The van der Waals surface area contributed by atoms with E-state index < -0.39 is 0 Å². The fraction of sp³-hybridized carbons (Fsp3) is 1.00. The zero-order valence-electron chi connectivity index (χ0n) is 4.57. The molecule has 2 N–H and O–H groups in total. The van der Waals surface area contributed by atoms with Gasteiger partial charge in [0.05, 0.1) is 4.87 Å². The molecular weight excluding hydrogens is 133 g/mol. The molecule has 0 bridgehead atoms. The topological polar surface area (TPSA) is 26.0 Å². The second-order valence-corrected chi connectivity index (χ2v) is 2.95. The number of halogens is 2. The van der Waals surface area contributed by atoms with Crippen LogP contribution in [0.1, 0.15) is 13.8 Å². The monoisotopic (exact) mass is 143 g/mol. The van der Waals surface area contributed by atoms with Crippen LogP contribution in [0.4, 0.5) is 0 Å². The minimum atomic E-state index is -0.208.